The van der Waals surface area contributed by atoms with E-state index < -0.39 is 0 Å². The molecule has 20 heavy (non-hydrogen) atoms. The Kier molecular flexibility index (Phi) is 7.44. The summed E-state index contributed by atoms with van der Waals surface area (Å²) in [6.07, 6.45) is 1.19. The Morgan fingerprint density at radius 2 is 1.95 bits per heavy atom. The van der Waals surface area contributed by atoms with Crippen LogP contribution < -0.4 is 5.32 Å². The van der Waals surface area contributed by atoms with E-state index in [1.54, 1.807) is 0 Å². The molecule has 1 N–H and O–H groups in total. The lowest BCUT2D eigenvalue weighted by Gasteiger charge is -2.26. The first-order valence-electron chi connectivity index (χ1n) is 7.61. The summed E-state index contributed by atoms with van der Waals surface area (Å²) in [6, 6.07) is 8.96. The first-order valence-corrected chi connectivity index (χ1v) is 8.59. The van der Waals surface area contributed by atoms with Crippen LogP contribution in [0.2, 0.25) is 0 Å². The van der Waals surface area contributed by atoms with E-state index in [4.69, 9.17) is 4.74 Å². The average molecular weight is 294 g/mol. The quantitative estimate of drug-likeness (QED) is 0.588. The Hall–Kier alpha value is -0.550. The summed E-state index contributed by atoms with van der Waals surface area (Å²) in [4.78, 5) is 3.86. The third-order valence-corrected chi connectivity index (χ3v) is 4.45. The first-order chi connectivity index (χ1) is 9.88. The molecule has 1 aliphatic heterocycles. The zero-order valence-corrected chi connectivity index (χ0v) is 13.3. The van der Waals surface area contributed by atoms with E-state index in [2.05, 4.69) is 41.4 Å². The normalized spacial score (nSPS) is 16.4. The van der Waals surface area contributed by atoms with Crippen LogP contribution in [0, 0.1) is 0 Å². The minimum Gasteiger partial charge on any atom is -0.379 e. The number of nitrogens with one attached hydrogen (secondary N) is 1. The van der Waals surface area contributed by atoms with Crippen molar-refractivity contribution >= 4 is 11.8 Å². The van der Waals surface area contributed by atoms with Gasteiger partial charge in [-0.3, -0.25) is 4.90 Å². The van der Waals surface area contributed by atoms with Gasteiger partial charge in [-0.05, 0) is 30.7 Å². The molecule has 0 atom stereocenters. The summed E-state index contributed by atoms with van der Waals surface area (Å²) in [5, 5.41) is 3.43. The van der Waals surface area contributed by atoms with E-state index in [0.29, 0.717) is 0 Å². The van der Waals surface area contributed by atoms with Crippen LogP contribution in [-0.2, 0) is 11.3 Å². The molecule has 1 aliphatic rings. The average Bonchev–Trinajstić information content (AvgIpc) is 2.50. The topological polar surface area (TPSA) is 24.5 Å². The van der Waals surface area contributed by atoms with Gasteiger partial charge in [0.1, 0.15) is 0 Å². The molecular weight excluding hydrogens is 268 g/mol. The number of hydrogen-bond acceptors (Lipinski definition) is 4. The van der Waals surface area contributed by atoms with Gasteiger partial charge in [-0.1, -0.05) is 19.1 Å². The van der Waals surface area contributed by atoms with Crippen molar-refractivity contribution in [2.24, 2.45) is 0 Å². The van der Waals surface area contributed by atoms with E-state index in [1.165, 1.54) is 16.9 Å². The van der Waals surface area contributed by atoms with Gasteiger partial charge in [0.15, 0.2) is 0 Å². The van der Waals surface area contributed by atoms with Gasteiger partial charge in [0, 0.05) is 36.8 Å². The summed E-state index contributed by atoms with van der Waals surface area (Å²) in [6.45, 7) is 9.39. The van der Waals surface area contributed by atoms with Gasteiger partial charge >= 0.3 is 0 Å². The predicted octanol–water partition coefficient (Wildman–Crippen LogP) is 2.61. The lowest BCUT2D eigenvalue weighted by atomic mass is 10.2. The second-order valence-corrected chi connectivity index (χ2v) is 6.29. The number of thioether (sulfide) groups is 1. The summed E-state index contributed by atoms with van der Waals surface area (Å²) in [7, 11) is 0. The Morgan fingerprint density at radius 1 is 1.20 bits per heavy atom. The van der Waals surface area contributed by atoms with E-state index in [9.17, 15) is 0 Å². The van der Waals surface area contributed by atoms with Crippen LogP contribution >= 0.6 is 11.8 Å². The molecule has 3 nitrogen and oxygen atoms in total. The molecule has 1 fully saturated rings. The molecule has 4 heteroatoms. The van der Waals surface area contributed by atoms with E-state index in [1.807, 2.05) is 11.8 Å². The van der Waals surface area contributed by atoms with Gasteiger partial charge in [-0.25, -0.2) is 0 Å². The maximum absolute atomic E-state index is 5.36. The highest BCUT2D eigenvalue weighted by Gasteiger charge is 2.09. The van der Waals surface area contributed by atoms with Crippen LogP contribution in [0.15, 0.2) is 29.2 Å². The fraction of sp³-hybridized carbons (Fsp3) is 0.625. The number of rotatable bonds is 8. The van der Waals surface area contributed by atoms with Crippen LogP contribution in [0.3, 0.4) is 0 Å². The highest BCUT2D eigenvalue weighted by molar-refractivity contribution is 7.99. The van der Waals surface area contributed by atoms with Crippen molar-refractivity contribution in [1.29, 1.82) is 0 Å². The smallest absolute Gasteiger partial charge is 0.0594 e. The highest BCUT2D eigenvalue weighted by Crippen LogP contribution is 2.18. The molecule has 1 heterocycles. The summed E-state index contributed by atoms with van der Waals surface area (Å²) >= 11 is 1.95. The molecular formula is C16H26N2OS. The number of morpholine rings is 1. The molecule has 1 aromatic carbocycles. The molecule has 0 saturated carbocycles. The summed E-state index contributed by atoms with van der Waals surface area (Å²) in [5.74, 6) is 1.16. The van der Waals surface area contributed by atoms with Crippen molar-refractivity contribution in [3.05, 3.63) is 29.8 Å². The molecule has 0 spiro atoms. The third-order valence-electron chi connectivity index (χ3n) is 3.46. The molecule has 0 bridgehead atoms. The van der Waals surface area contributed by atoms with Crippen LogP contribution in [-0.4, -0.2) is 50.0 Å². The third kappa shape index (κ3) is 5.83. The van der Waals surface area contributed by atoms with Gasteiger partial charge in [-0.2, -0.15) is 0 Å². The monoisotopic (exact) mass is 294 g/mol. The largest absolute Gasteiger partial charge is 0.379 e. The lowest BCUT2D eigenvalue weighted by molar-refractivity contribution is 0.0410. The molecule has 1 saturated heterocycles. The zero-order valence-electron chi connectivity index (χ0n) is 12.4. The molecule has 0 radical (unpaired) electrons. The Morgan fingerprint density at radius 3 is 2.65 bits per heavy atom. The van der Waals surface area contributed by atoms with Gasteiger partial charge in [-0.15, -0.1) is 11.8 Å². The highest BCUT2D eigenvalue weighted by atomic mass is 32.2. The fourth-order valence-electron chi connectivity index (χ4n) is 2.23. The second kappa shape index (κ2) is 9.40. The van der Waals surface area contributed by atoms with Crippen LogP contribution in [0.4, 0.5) is 0 Å². The van der Waals surface area contributed by atoms with Crippen LogP contribution in [0.25, 0.3) is 0 Å². The zero-order chi connectivity index (χ0) is 14.0. The Labute approximate surface area is 127 Å². The molecule has 0 aliphatic carbocycles. The number of hydrogen-bond donors (Lipinski definition) is 1. The van der Waals surface area contributed by atoms with Crippen molar-refractivity contribution in [2.75, 3.05) is 45.1 Å². The molecule has 112 valence electrons. The van der Waals surface area contributed by atoms with Gasteiger partial charge < -0.3 is 10.1 Å². The maximum Gasteiger partial charge on any atom is 0.0594 e. The summed E-state index contributed by atoms with van der Waals surface area (Å²) in [5.41, 5.74) is 1.37. The SMILES string of the molecule is CCCNCc1ccc(SCCN2CCOCC2)cc1. The second-order valence-electron chi connectivity index (χ2n) is 5.12. The summed E-state index contributed by atoms with van der Waals surface area (Å²) < 4.78 is 5.36. The van der Waals surface area contributed by atoms with Gasteiger partial charge in [0.2, 0.25) is 0 Å². The number of ether oxygens (including phenoxy) is 1. The van der Waals surface area contributed by atoms with Gasteiger partial charge in [0.05, 0.1) is 13.2 Å². The van der Waals surface area contributed by atoms with Crippen LogP contribution in [0.1, 0.15) is 18.9 Å². The molecule has 2 rings (SSSR count). The van der Waals surface area contributed by atoms with Crippen molar-refractivity contribution in [3.63, 3.8) is 0 Å². The van der Waals surface area contributed by atoms with Crippen LogP contribution in [0.5, 0.6) is 0 Å². The molecule has 1 aromatic rings. The van der Waals surface area contributed by atoms with Gasteiger partial charge in [0.25, 0.3) is 0 Å². The number of nitrogens with zero attached hydrogens (tertiary/aromatic N) is 1. The molecule has 0 aromatic heterocycles. The van der Waals surface area contributed by atoms with E-state index >= 15 is 0 Å². The minimum absolute atomic E-state index is 0.893. The van der Waals surface area contributed by atoms with E-state index in [0.717, 1.165) is 51.7 Å². The number of benzene rings is 1. The standard InChI is InChI=1S/C16H26N2OS/c1-2-7-17-14-15-3-5-16(6-4-15)20-13-10-18-8-11-19-12-9-18/h3-6,17H,2,7-14H2,1H3. The molecule has 0 unspecified atom stereocenters. The molecule has 0 amide bonds. The first kappa shape index (κ1) is 15.8. The maximum atomic E-state index is 5.36. The van der Waals surface area contributed by atoms with Crippen molar-refractivity contribution in [3.8, 4) is 0 Å². The minimum atomic E-state index is 0.893. The lowest BCUT2D eigenvalue weighted by Crippen LogP contribution is -2.37. The van der Waals surface area contributed by atoms with Crippen molar-refractivity contribution in [2.45, 2.75) is 24.8 Å². The van der Waals surface area contributed by atoms with Crippen molar-refractivity contribution in [1.82, 2.24) is 10.2 Å². The van der Waals surface area contributed by atoms with E-state index in [-0.39, 0.29) is 0 Å². The predicted molar refractivity (Wildman–Crippen MR) is 86.4 cm³/mol. The fourth-order valence-corrected chi connectivity index (χ4v) is 3.14. The van der Waals surface area contributed by atoms with Crippen molar-refractivity contribution < 1.29 is 4.74 Å². The Bertz CT molecular complexity index is 363. The Balaban J connectivity index is 1.65.